The highest BCUT2D eigenvalue weighted by Gasteiger charge is 2.42. The second kappa shape index (κ2) is 9.40. The van der Waals surface area contributed by atoms with Crippen LogP contribution in [-0.4, -0.2) is 31.5 Å². The van der Waals surface area contributed by atoms with Crippen LogP contribution < -0.4 is 14.5 Å². The number of ether oxygens (including phenoxy) is 1. The summed E-state index contributed by atoms with van der Waals surface area (Å²) in [6, 6.07) is 23.7. The predicted molar refractivity (Wildman–Crippen MR) is 131 cm³/mol. The molecule has 6 heteroatoms. The second-order valence-electron chi connectivity index (χ2n) is 7.54. The van der Waals surface area contributed by atoms with Crippen molar-refractivity contribution in [2.24, 2.45) is 0 Å². The van der Waals surface area contributed by atoms with Gasteiger partial charge in [0, 0.05) is 10.2 Å². The number of amides is 2. The van der Waals surface area contributed by atoms with Crippen molar-refractivity contribution in [2.45, 2.75) is 13.0 Å². The van der Waals surface area contributed by atoms with Crippen molar-refractivity contribution in [3.05, 3.63) is 94.5 Å². The lowest BCUT2D eigenvalue weighted by Crippen LogP contribution is -2.61. The maximum atomic E-state index is 13.8. The maximum Gasteiger partial charge on any atom is 0.255 e. The van der Waals surface area contributed by atoms with Gasteiger partial charge in [0.25, 0.3) is 5.91 Å². The van der Waals surface area contributed by atoms with Gasteiger partial charge in [-0.3, -0.25) is 19.4 Å². The number of anilines is 2. The highest BCUT2D eigenvalue weighted by Crippen LogP contribution is 2.34. The first kappa shape index (κ1) is 21.8. The third-order valence-electron chi connectivity index (χ3n) is 5.43. The molecule has 1 heterocycles. The molecule has 0 radical (unpaired) electrons. The molecule has 1 saturated heterocycles. The molecule has 1 aliphatic heterocycles. The van der Waals surface area contributed by atoms with Crippen LogP contribution in [0, 0.1) is 0 Å². The van der Waals surface area contributed by atoms with Crippen LogP contribution in [0.5, 0.6) is 5.75 Å². The van der Waals surface area contributed by atoms with E-state index in [1.165, 1.54) is 4.90 Å². The minimum atomic E-state index is -0.775. The molecule has 2 amide bonds. The second-order valence-corrected chi connectivity index (χ2v) is 8.45. The van der Waals surface area contributed by atoms with Crippen molar-refractivity contribution >= 4 is 45.2 Å². The number of carbonyl (C=O) groups excluding carboxylic acids is 2. The molecule has 1 unspecified atom stereocenters. The maximum absolute atomic E-state index is 13.8. The third-order valence-corrected chi connectivity index (χ3v) is 5.95. The van der Waals surface area contributed by atoms with Crippen molar-refractivity contribution in [2.75, 3.05) is 23.5 Å². The number of piperazine rings is 1. The summed E-state index contributed by atoms with van der Waals surface area (Å²) in [4.78, 5) is 30.4. The van der Waals surface area contributed by atoms with E-state index in [1.807, 2.05) is 79.7 Å². The Hall–Kier alpha value is -3.38. The lowest BCUT2D eigenvalue weighted by molar-refractivity contribution is -0.127. The molecule has 0 bridgehead atoms. The van der Waals surface area contributed by atoms with Crippen LogP contribution in [-0.2, 0) is 9.59 Å². The van der Waals surface area contributed by atoms with Crippen LogP contribution in [0.25, 0.3) is 6.08 Å². The molecule has 32 heavy (non-hydrogen) atoms. The number of hydrogen-bond acceptors (Lipinski definition) is 3. The fourth-order valence-corrected chi connectivity index (χ4v) is 4.20. The third kappa shape index (κ3) is 4.32. The van der Waals surface area contributed by atoms with Gasteiger partial charge >= 0.3 is 0 Å². The molecule has 1 atom stereocenters. The summed E-state index contributed by atoms with van der Waals surface area (Å²) >= 11 is 3.44. The van der Waals surface area contributed by atoms with Crippen LogP contribution in [0.2, 0.25) is 0 Å². The number of halogens is 1. The zero-order valence-electron chi connectivity index (χ0n) is 17.9. The zero-order valence-corrected chi connectivity index (χ0v) is 19.5. The topological polar surface area (TPSA) is 49.9 Å². The lowest BCUT2D eigenvalue weighted by Gasteiger charge is -2.41. The van der Waals surface area contributed by atoms with Gasteiger partial charge in [0.05, 0.1) is 12.8 Å². The number of nitrogens with zero attached hydrogens (tertiary/aromatic N) is 2. The van der Waals surface area contributed by atoms with Gasteiger partial charge in [-0.2, -0.15) is 0 Å². The first-order valence-corrected chi connectivity index (χ1v) is 11.0. The summed E-state index contributed by atoms with van der Waals surface area (Å²) in [5.41, 5.74) is 3.01. The zero-order chi connectivity index (χ0) is 22.7. The predicted octanol–water partition coefficient (Wildman–Crippen LogP) is 5.31. The largest absolute Gasteiger partial charge is 0.495 e. The minimum Gasteiger partial charge on any atom is -0.495 e. The summed E-state index contributed by atoms with van der Waals surface area (Å²) in [6.07, 6.45) is 1.95. The SMILES string of the molecule is COc1ccccc1N1CC(=O)N(c2ccc(Br)cc2)C(/C(C)=C/c2ccccc2)C1=O. The molecule has 0 saturated carbocycles. The van der Waals surface area contributed by atoms with Gasteiger partial charge < -0.3 is 4.74 Å². The van der Waals surface area contributed by atoms with Crippen molar-refractivity contribution in [3.8, 4) is 5.75 Å². The van der Waals surface area contributed by atoms with Gasteiger partial charge in [-0.25, -0.2) is 0 Å². The van der Waals surface area contributed by atoms with E-state index in [4.69, 9.17) is 4.74 Å². The molecule has 0 aromatic heterocycles. The van der Waals surface area contributed by atoms with Crippen LogP contribution in [0.1, 0.15) is 12.5 Å². The molecule has 3 aromatic rings. The summed E-state index contributed by atoms with van der Waals surface area (Å²) in [6.45, 7) is 1.82. The van der Waals surface area contributed by atoms with Gasteiger partial charge in [0.2, 0.25) is 5.91 Å². The molecular weight excluding hydrogens is 468 g/mol. The fourth-order valence-electron chi connectivity index (χ4n) is 3.93. The number of carbonyl (C=O) groups is 2. The molecular formula is C26H23BrN2O3. The van der Waals surface area contributed by atoms with Gasteiger partial charge in [0.15, 0.2) is 0 Å². The first-order valence-electron chi connectivity index (χ1n) is 10.2. The average molecular weight is 491 g/mol. The number of methoxy groups -OCH3 is 1. The van der Waals surface area contributed by atoms with E-state index in [-0.39, 0.29) is 18.4 Å². The summed E-state index contributed by atoms with van der Waals surface area (Å²) < 4.78 is 6.36. The molecule has 5 nitrogen and oxygen atoms in total. The van der Waals surface area contributed by atoms with Gasteiger partial charge in [-0.15, -0.1) is 0 Å². The van der Waals surface area contributed by atoms with E-state index in [0.29, 0.717) is 17.1 Å². The molecule has 0 N–H and O–H groups in total. The van der Waals surface area contributed by atoms with Crippen LogP contribution >= 0.6 is 15.9 Å². The Bertz CT molecular complexity index is 1160. The highest BCUT2D eigenvalue weighted by molar-refractivity contribution is 9.10. The Kier molecular flexibility index (Phi) is 6.42. The molecule has 4 rings (SSSR count). The average Bonchev–Trinajstić information content (AvgIpc) is 2.81. The van der Waals surface area contributed by atoms with Crippen LogP contribution in [0.3, 0.4) is 0 Å². The molecule has 162 valence electrons. The smallest absolute Gasteiger partial charge is 0.255 e. The van der Waals surface area contributed by atoms with E-state index in [0.717, 1.165) is 15.6 Å². The van der Waals surface area contributed by atoms with E-state index in [2.05, 4.69) is 15.9 Å². The number of rotatable bonds is 5. The van der Waals surface area contributed by atoms with Gasteiger partial charge in [-0.05, 0) is 54.5 Å². The van der Waals surface area contributed by atoms with Crippen LogP contribution in [0.15, 0.2) is 88.9 Å². The van der Waals surface area contributed by atoms with Crippen molar-refractivity contribution in [1.82, 2.24) is 0 Å². The van der Waals surface area contributed by atoms with Crippen molar-refractivity contribution < 1.29 is 14.3 Å². The summed E-state index contributed by atoms with van der Waals surface area (Å²) in [7, 11) is 1.56. The van der Waals surface area contributed by atoms with Crippen molar-refractivity contribution in [3.63, 3.8) is 0 Å². The minimum absolute atomic E-state index is 0.0651. The number of benzene rings is 3. The van der Waals surface area contributed by atoms with Crippen LogP contribution in [0.4, 0.5) is 11.4 Å². The van der Waals surface area contributed by atoms with E-state index in [9.17, 15) is 9.59 Å². The highest BCUT2D eigenvalue weighted by atomic mass is 79.9. The molecule has 1 fully saturated rings. The fraction of sp³-hybridized carbons (Fsp3) is 0.154. The molecule has 3 aromatic carbocycles. The Morgan fingerprint density at radius 1 is 0.969 bits per heavy atom. The van der Waals surface area contributed by atoms with Gasteiger partial charge in [-0.1, -0.05) is 64.5 Å². The van der Waals surface area contributed by atoms with E-state index >= 15 is 0 Å². The number of hydrogen-bond donors (Lipinski definition) is 0. The van der Waals surface area contributed by atoms with E-state index in [1.54, 1.807) is 24.1 Å². The normalized spacial score (nSPS) is 17.0. The lowest BCUT2D eigenvalue weighted by atomic mass is 9.98. The Morgan fingerprint density at radius 2 is 1.62 bits per heavy atom. The monoisotopic (exact) mass is 490 g/mol. The Balaban J connectivity index is 1.81. The van der Waals surface area contributed by atoms with Gasteiger partial charge in [0.1, 0.15) is 18.3 Å². The molecule has 0 spiro atoms. The summed E-state index contributed by atoms with van der Waals surface area (Å²) in [5.74, 6) is 0.208. The summed E-state index contributed by atoms with van der Waals surface area (Å²) in [5, 5.41) is 0. The van der Waals surface area contributed by atoms with Crippen molar-refractivity contribution in [1.29, 1.82) is 0 Å². The Morgan fingerprint density at radius 3 is 2.31 bits per heavy atom. The standard InChI is InChI=1S/C26H23BrN2O3/c1-18(16-19-8-4-3-5-9-19)25-26(31)28(22-10-6-7-11-23(22)32-2)17-24(30)29(25)21-14-12-20(27)13-15-21/h3-16,25H,17H2,1-2H3/b18-16+. The van der Waals surface area contributed by atoms with E-state index < -0.39 is 6.04 Å². The molecule has 0 aliphatic carbocycles. The quantitative estimate of drug-likeness (QED) is 0.486. The Labute approximate surface area is 196 Å². The number of para-hydroxylation sites is 2. The first-order chi connectivity index (χ1) is 15.5. The molecule has 1 aliphatic rings.